The molecule has 2 amide bonds. The van der Waals surface area contributed by atoms with E-state index >= 15 is 0 Å². The lowest BCUT2D eigenvalue weighted by molar-refractivity contribution is -0.118. The summed E-state index contributed by atoms with van der Waals surface area (Å²) in [4.78, 5) is 27.6. The van der Waals surface area contributed by atoms with Gasteiger partial charge in [-0.25, -0.2) is 4.79 Å². The summed E-state index contributed by atoms with van der Waals surface area (Å²) in [6, 6.07) is 11.3. The predicted octanol–water partition coefficient (Wildman–Crippen LogP) is 3.04. The fourth-order valence-corrected chi connectivity index (χ4v) is 2.12. The number of carbonyl (C=O) groups is 2. The van der Waals surface area contributed by atoms with Crippen LogP contribution in [0, 0.1) is 6.92 Å². The van der Waals surface area contributed by atoms with E-state index in [4.69, 9.17) is 5.11 Å². The molecule has 0 bridgehead atoms. The quantitative estimate of drug-likeness (QED) is 0.717. The van der Waals surface area contributed by atoms with E-state index in [0.717, 1.165) is 11.3 Å². The van der Waals surface area contributed by atoms with E-state index < -0.39 is 6.09 Å². The molecule has 0 aliphatic carbocycles. The predicted molar refractivity (Wildman–Crippen MR) is 84.4 cm³/mol. The van der Waals surface area contributed by atoms with Crippen LogP contribution in [0.4, 0.5) is 16.3 Å². The van der Waals surface area contributed by atoms with Gasteiger partial charge in [-0.2, -0.15) is 0 Å². The normalized spacial score (nSPS) is 10.2. The number of benzene rings is 1. The molecule has 6 heteroatoms. The van der Waals surface area contributed by atoms with Crippen LogP contribution < -0.4 is 10.2 Å². The number of nitrogens with zero attached hydrogens (tertiary/aromatic N) is 1. The van der Waals surface area contributed by atoms with E-state index in [1.807, 2.05) is 43.3 Å². The summed E-state index contributed by atoms with van der Waals surface area (Å²) >= 11 is 0. The average Bonchev–Trinajstić information content (AvgIpc) is 3.00. The topological polar surface area (TPSA) is 85.4 Å². The van der Waals surface area contributed by atoms with Crippen LogP contribution in [0.25, 0.3) is 0 Å². The first kappa shape index (κ1) is 15.6. The molecule has 0 unspecified atom stereocenters. The number of anilines is 2. The van der Waals surface area contributed by atoms with Crippen molar-refractivity contribution in [2.45, 2.75) is 19.8 Å². The molecular formula is C16H19N3O3. The van der Waals surface area contributed by atoms with Crippen molar-refractivity contribution in [3.63, 3.8) is 0 Å². The molecule has 0 atom stereocenters. The molecule has 6 nitrogen and oxygen atoms in total. The minimum absolute atomic E-state index is 0.0847. The summed E-state index contributed by atoms with van der Waals surface area (Å²) < 4.78 is 0. The van der Waals surface area contributed by atoms with E-state index in [9.17, 15) is 9.59 Å². The number of carboxylic acid groups (broad SMARTS) is 1. The molecule has 2 rings (SSSR count). The standard InChI is InChI=1S/C16H19N3O3/c1-12-6-8-13(9-7-12)19(14-4-2-10-17-14)15(20)5-3-11-18-16(21)22/h2,4,6-10,17-18H,3,5,11H2,1H3,(H,21,22). The van der Waals surface area contributed by atoms with E-state index in [1.54, 1.807) is 11.1 Å². The van der Waals surface area contributed by atoms with E-state index in [-0.39, 0.29) is 18.9 Å². The third-order valence-electron chi connectivity index (χ3n) is 3.21. The maximum absolute atomic E-state index is 12.5. The lowest BCUT2D eigenvalue weighted by Gasteiger charge is -2.21. The molecule has 1 heterocycles. The maximum Gasteiger partial charge on any atom is 0.404 e. The first-order valence-electron chi connectivity index (χ1n) is 7.08. The molecule has 0 radical (unpaired) electrons. The first-order chi connectivity index (χ1) is 10.6. The smallest absolute Gasteiger partial charge is 0.404 e. The maximum atomic E-state index is 12.5. The van der Waals surface area contributed by atoms with Gasteiger partial charge in [0, 0.05) is 19.2 Å². The summed E-state index contributed by atoms with van der Waals surface area (Å²) in [5.41, 5.74) is 1.90. The average molecular weight is 301 g/mol. The zero-order chi connectivity index (χ0) is 15.9. The highest BCUT2D eigenvalue weighted by Gasteiger charge is 2.18. The molecule has 3 N–H and O–H groups in total. The van der Waals surface area contributed by atoms with Crippen molar-refractivity contribution in [1.29, 1.82) is 0 Å². The molecule has 0 fully saturated rings. The number of nitrogens with one attached hydrogen (secondary N) is 2. The number of amides is 2. The fourth-order valence-electron chi connectivity index (χ4n) is 2.12. The Bertz CT molecular complexity index is 621. The number of hydrogen-bond acceptors (Lipinski definition) is 2. The van der Waals surface area contributed by atoms with Crippen molar-refractivity contribution in [1.82, 2.24) is 10.3 Å². The second-order valence-corrected chi connectivity index (χ2v) is 4.96. The number of carbonyl (C=O) groups excluding carboxylic acids is 1. The van der Waals surface area contributed by atoms with E-state index in [2.05, 4.69) is 10.3 Å². The Morgan fingerprint density at radius 1 is 1.23 bits per heavy atom. The van der Waals surface area contributed by atoms with Crippen LogP contribution in [-0.4, -0.2) is 28.6 Å². The van der Waals surface area contributed by atoms with Crippen LogP contribution in [0.3, 0.4) is 0 Å². The Labute approximate surface area is 128 Å². The van der Waals surface area contributed by atoms with Crippen LogP contribution in [0.5, 0.6) is 0 Å². The Hall–Kier alpha value is -2.76. The summed E-state index contributed by atoms with van der Waals surface area (Å²) in [7, 11) is 0. The van der Waals surface area contributed by atoms with Crippen molar-refractivity contribution in [3.8, 4) is 0 Å². The second-order valence-electron chi connectivity index (χ2n) is 4.96. The van der Waals surface area contributed by atoms with E-state index in [0.29, 0.717) is 12.2 Å². The number of aromatic nitrogens is 1. The van der Waals surface area contributed by atoms with Gasteiger partial charge in [0.1, 0.15) is 5.82 Å². The number of aromatic amines is 1. The van der Waals surface area contributed by atoms with Gasteiger partial charge in [-0.15, -0.1) is 0 Å². The van der Waals surface area contributed by atoms with Gasteiger partial charge in [-0.1, -0.05) is 17.7 Å². The number of H-pyrrole nitrogens is 1. The summed E-state index contributed by atoms with van der Waals surface area (Å²) in [6.45, 7) is 2.25. The lowest BCUT2D eigenvalue weighted by Crippen LogP contribution is -2.28. The van der Waals surface area contributed by atoms with E-state index in [1.165, 1.54) is 0 Å². The monoisotopic (exact) mass is 301 g/mol. The third-order valence-corrected chi connectivity index (χ3v) is 3.21. The molecule has 0 spiro atoms. The zero-order valence-corrected chi connectivity index (χ0v) is 12.4. The molecule has 22 heavy (non-hydrogen) atoms. The SMILES string of the molecule is Cc1ccc(N(C(=O)CCCNC(=O)O)c2ccc[nH]2)cc1. The minimum Gasteiger partial charge on any atom is -0.465 e. The molecular weight excluding hydrogens is 282 g/mol. The number of rotatable bonds is 6. The Morgan fingerprint density at radius 3 is 2.55 bits per heavy atom. The van der Waals surface area contributed by atoms with Gasteiger partial charge < -0.3 is 15.4 Å². The molecule has 2 aromatic rings. The first-order valence-corrected chi connectivity index (χ1v) is 7.08. The van der Waals surface area contributed by atoms with Crippen LogP contribution in [0.15, 0.2) is 42.6 Å². The van der Waals surface area contributed by atoms with Gasteiger partial charge in [0.15, 0.2) is 0 Å². The van der Waals surface area contributed by atoms with Crippen LogP contribution in [0.1, 0.15) is 18.4 Å². The molecule has 0 aliphatic rings. The molecule has 1 aromatic carbocycles. The molecule has 0 saturated carbocycles. The highest BCUT2D eigenvalue weighted by molar-refractivity contribution is 5.99. The minimum atomic E-state index is -1.08. The van der Waals surface area contributed by atoms with Crippen molar-refractivity contribution in [2.75, 3.05) is 11.4 Å². The van der Waals surface area contributed by atoms with Gasteiger partial charge >= 0.3 is 6.09 Å². The molecule has 0 aliphatic heterocycles. The van der Waals surface area contributed by atoms with Crippen molar-refractivity contribution in [3.05, 3.63) is 48.2 Å². The van der Waals surface area contributed by atoms with Gasteiger partial charge in [0.2, 0.25) is 5.91 Å². The van der Waals surface area contributed by atoms with Crippen molar-refractivity contribution in [2.24, 2.45) is 0 Å². The van der Waals surface area contributed by atoms with Gasteiger partial charge in [0.05, 0.1) is 5.69 Å². The molecule has 0 saturated heterocycles. The highest BCUT2D eigenvalue weighted by Crippen LogP contribution is 2.25. The second kappa shape index (κ2) is 7.31. The third kappa shape index (κ3) is 4.12. The molecule has 1 aromatic heterocycles. The van der Waals surface area contributed by atoms with Gasteiger partial charge in [-0.05, 0) is 37.6 Å². The summed E-state index contributed by atoms with van der Waals surface area (Å²) in [5.74, 6) is 0.610. The van der Waals surface area contributed by atoms with Crippen molar-refractivity contribution >= 4 is 23.5 Å². The summed E-state index contributed by atoms with van der Waals surface area (Å²) in [6.07, 6.45) is 1.39. The van der Waals surface area contributed by atoms with Crippen LogP contribution in [0.2, 0.25) is 0 Å². The van der Waals surface area contributed by atoms with Crippen LogP contribution in [-0.2, 0) is 4.79 Å². The lowest BCUT2D eigenvalue weighted by atomic mass is 10.2. The van der Waals surface area contributed by atoms with Gasteiger partial charge in [-0.3, -0.25) is 9.69 Å². The molecule has 116 valence electrons. The highest BCUT2D eigenvalue weighted by atomic mass is 16.4. The Balaban J connectivity index is 2.10. The number of hydrogen-bond donors (Lipinski definition) is 3. The fraction of sp³-hybridized carbons (Fsp3) is 0.250. The summed E-state index contributed by atoms with van der Waals surface area (Å²) in [5, 5.41) is 10.8. The Morgan fingerprint density at radius 2 is 1.95 bits per heavy atom. The zero-order valence-electron chi connectivity index (χ0n) is 12.4. The van der Waals surface area contributed by atoms with Gasteiger partial charge in [0.25, 0.3) is 0 Å². The largest absolute Gasteiger partial charge is 0.465 e. The Kier molecular flexibility index (Phi) is 5.19. The number of aryl methyl sites for hydroxylation is 1. The van der Waals surface area contributed by atoms with Crippen molar-refractivity contribution < 1.29 is 14.7 Å². The van der Waals surface area contributed by atoms with Crippen LogP contribution >= 0.6 is 0 Å².